The average Bonchev–Trinajstić information content (AvgIpc) is 2.89. The van der Waals surface area contributed by atoms with Crippen LogP contribution in [0.25, 0.3) is 0 Å². The predicted octanol–water partition coefficient (Wildman–Crippen LogP) is 1.83. The lowest BCUT2D eigenvalue weighted by atomic mass is 10.3. The van der Waals surface area contributed by atoms with Crippen LogP contribution < -0.4 is 11.1 Å². The summed E-state index contributed by atoms with van der Waals surface area (Å²) < 4.78 is 28.3. The Labute approximate surface area is 116 Å². The molecular formula is C10H17N3O2S3. The normalized spacial score (nSPS) is 20.2. The molecular weight excluding hydrogens is 290 g/mol. The van der Waals surface area contributed by atoms with Crippen molar-refractivity contribution in [3.8, 4) is 0 Å². The monoisotopic (exact) mass is 307 g/mol. The highest BCUT2D eigenvalue weighted by molar-refractivity contribution is 7.99. The van der Waals surface area contributed by atoms with Crippen LogP contribution in [0, 0.1) is 0 Å². The van der Waals surface area contributed by atoms with E-state index in [4.69, 9.17) is 5.73 Å². The molecule has 1 unspecified atom stereocenters. The minimum atomic E-state index is -3.32. The van der Waals surface area contributed by atoms with Crippen LogP contribution in [0.5, 0.6) is 0 Å². The minimum absolute atomic E-state index is 0.115. The Balaban J connectivity index is 2.26. The summed E-state index contributed by atoms with van der Waals surface area (Å²) in [5.74, 6) is 2.36. The third kappa shape index (κ3) is 2.92. The summed E-state index contributed by atoms with van der Waals surface area (Å²) in [5.41, 5.74) is 5.71. The molecule has 18 heavy (non-hydrogen) atoms. The molecule has 5 nitrogen and oxygen atoms in total. The summed E-state index contributed by atoms with van der Waals surface area (Å²) in [6, 6.07) is 0.324. The van der Waals surface area contributed by atoms with E-state index in [9.17, 15) is 8.42 Å². The topological polar surface area (TPSA) is 85.1 Å². The van der Waals surface area contributed by atoms with Crippen molar-refractivity contribution in [1.82, 2.24) is 4.37 Å². The first-order valence-electron chi connectivity index (χ1n) is 5.86. The molecule has 1 saturated heterocycles. The van der Waals surface area contributed by atoms with Crippen molar-refractivity contribution in [2.75, 3.05) is 28.3 Å². The van der Waals surface area contributed by atoms with Gasteiger partial charge in [0, 0.05) is 11.8 Å². The van der Waals surface area contributed by atoms with Crippen molar-refractivity contribution < 1.29 is 8.42 Å². The number of nitrogens with two attached hydrogens (primary N) is 1. The second-order valence-corrected chi connectivity index (χ2v) is 8.22. The number of hydrogen-bond acceptors (Lipinski definition) is 7. The summed E-state index contributed by atoms with van der Waals surface area (Å²) in [6.07, 6.45) is 1.63. The van der Waals surface area contributed by atoms with Crippen LogP contribution in [0.2, 0.25) is 0 Å². The highest BCUT2D eigenvalue weighted by Gasteiger charge is 2.27. The molecule has 3 N–H and O–H groups in total. The highest BCUT2D eigenvalue weighted by Crippen LogP contribution is 2.34. The second-order valence-electron chi connectivity index (χ2n) is 4.25. The Hall–Kier alpha value is -0.470. The number of sulfone groups is 1. The van der Waals surface area contributed by atoms with E-state index in [-0.39, 0.29) is 16.5 Å². The van der Waals surface area contributed by atoms with Gasteiger partial charge in [0.1, 0.15) is 9.90 Å². The van der Waals surface area contributed by atoms with Crippen LogP contribution in [0.15, 0.2) is 4.90 Å². The number of hydrogen-bond donors (Lipinski definition) is 2. The lowest BCUT2D eigenvalue weighted by Crippen LogP contribution is -2.19. The Bertz CT molecular complexity index is 506. The number of thioether (sulfide) groups is 1. The van der Waals surface area contributed by atoms with E-state index in [1.807, 2.05) is 18.7 Å². The fraction of sp³-hybridized carbons (Fsp3) is 0.700. The van der Waals surface area contributed by atoms with Crippen molar-refractivity contribution in [2.24, 2.45) is 0 Å². The van der Waals surface area contributed by atoms with Crippen LogP contribution in [0.4, 0.5) is 10.8 Å². The van der Waals surface area contributed by atoms with Gasteiger partial charge in [-0.25, -0.2) is 8.42 Å². The number of nitrogens with zero attached hydrogens (tertiary/aromatic N) is 1. The van der Waals surface area contributed by atoms with E-state index >= 15 is 0 Å². The molecule has 0 radical (unpaired) electrons. The Morgan fingerprint density at radius 1 is 1.56 bits per heavy atom. The molecule has 1 atom stereocenters. The summed E-state index contributed by atoms with van der Waals surface area (Å²) >= 11 is 3.01. The maximum absolute atomic E-state index is 12.2. The molecule has 1 aromatic rings. The van der Waals surface area contributed by atoms with Crippen molar-refractivity contribution in [2.45, 2.75) is 30.7 Å². The predicted molar refractivity (Wildman–Crippen MR) is 78.2 cm³/mol. The zero-order valence-electron chi connectivity index (χ0n) is 10.2. The lowest BCUT2D eigenvalue weighted by Gasteiger charge is -2.12. The van der Waals surface area contributed by atoms with Gasteiger partial charge in [-0.2, -0.15) is 16.1 Å². The van der Waals surface area contributed by atoms with Gasteiger partial charge in [0.15, 0.2) is 15.7 Å². The number of nitrogen functional groups attached to an aromatic ring is 1. The van der Waals surface area contributed by atoms with Gasteiger partial charge in [0.25, 0.3) is 0 Å². The van der Waals surface area contributed by atoms with Crippen molar-refractivity contribution in [3.05, 3.63) is 0 Å². The van der Waals surface area contributed by atoms with Gasteiger partial charge in [-0.1, -0.05) is 6.92 Å². The molecule has 8 heteroatoms. The van der Waals surface area contributed by atoms with Gasteiger partial charge < -0.3 is 11.1 Å². The SMILES string of the molecule is CCCS(=O)(=O)c1c(N)nsc1NC1CCSC1. The van der Waals surface area contributed by atoms with E-state index in [2.05, 4.69) is 9.69 Å². The minimum Gasteiger partial charge on any atom is -0.382 e. The zero-order chi connectivity index (χ0) is 13.2. The summed E-state index contributed by atoms with van der Waals surface area (Å²) in [4.78, 5) is 0.200. The summed E-state index contributed by atoms with van der Waals surface area (Å²) in [7, 11) is -3.32. The van der Waals surface area contributed by atoms with Crippen LogP contribution in [0.3, 0.4) is 0 Å². The maximum atomic E-state index is 12.2. The molecule has 1 fully saturated rings. The number of anilines is 2. The smallest absolute Gasteiger partial charge is 0.185 e. The van der Waals surface area contributed by atoms with Crippen molar-refractivity contribution >= 4 is 44.0 Å². The van der Waals surface area contributed by atoms with Crippen LogP contribution in [-0.4, -0.2) is 36.1 Å². The van der Waals surface area contributed by atoms with E-state index < -0.39 is 9.84 Å². The highest BCUT2D eigenvalue weighted by atomic mass is 32.2. The molecule has 2 heterocycles. The third-order valence-electron chi connectivity index (χ3n) is 2.72. The molecule has 0 aromatic carbocycles. The van der Waals surface area contributed by atoms with Gasteiger partial charge >= 0.3 is 0 Å². The molecule has 0 aliphatic carbocycles. The second kappa shape index (κ2) is 5.66. The molecule has 1 aliphatic heterocycles. The summed E-state index contributed by atoms with van der Waals surface area (Å²) in [5, 5.41) is 3.88. The number of rotatable bonds is 5. The van der Waals surface area contributed by atoms with E-state index in [0.29, 0.717) is 17.5 Å². The fourth-order valence-electron chi connectivity index (χ4n) is 1.89. The van der Waals surface area contributed by atoms with E-state index in [1.54, 1.807) is 0 Å². The van der Waals surface area contributed by atoms with Crippen LogP contribution in [0.1, 0.15) is 19.8 Å². The van der Waals surface area contributed by atoms with Crippen LogP contribution >= 0.6 is 23.3 Å². The first-order valence-corrected chi connectivity index (χ1v) is 9.45. The molecule has 0 amide bonds. The first kappa shape index (κ1) is 14.0. The van der Waals surface area contributed by atoms with Gasteiger partial charge in [0.2, 0.25) is 0 Å². The van der Waals surface area contributed by atoms with Crippen molar-refractivity contribution in [1.29, 1.82) is 0 Å². The van der Waals surface area contributed by atoms with Crippen LogP contribution in [-0.2, 0) is 9.84 Å². The molecule has 1 aliphatic rings. The zero-order valence-corrected chi connectivity index (χ0v) is 12.6. The quantitative estimate of drug-likeness (QED) is 0.863. The van der Waals surface area contributed by atoms with Gasteiger partial charge in [-0.3, -0.25) is 0 Å². The number of nitrogens with one attached hydrogen (secondary N) is 1. The van der Waals surface area contributed by atoms with Gasteiger partial charge in [-0.15, -0.1) is 0 Å². The fourth-order valence-corrected chi connectivity index (χ4v) is 5.73. The Morgan fingerprint density at radius 2 is 2.33 bits per heavy atom. The van der Waals surface area contributed by atoms with Crippen molar-refractivity contribution in [3.63, 3.8) is 0 Å². The summed E-state index contributed by atoms with van der Waals surface area (Å²) in [6.45, 7) is 1.84. The number of aromatic nitrogens is 1. The molecule has 102 valence electrons. The lowest BCUT2D eigenvalue weighted by molar-refractivity contribution is 0.595. The molecule has 2 rings (SSSR count). The first-order chi connectivity index (χ1) is 8.54. The third-order valence-corrected chi connectivity index (χ3v) is 6.79. The van der Waals surface area contributed by atoms with E-state index in [1.165, 1.54) is 0 Å². The van der Waals surface area contributed by atoms with E-state index in [0.717, 1.165) is 29.5 Å². The molecule has 0 saturated carbocycles. The molecule has 1 aromatic heterocycles. The Kier molecular flexibility index (Phi) is 4.39. The standard InChI is InChI=1S/C10H17N3O2S3/c1-2-5-18(14,15)8-9(11)13-17-10(8)12-7-3-4-16-6-7/h7,12H,2-6H2,1H3,(H2,11,13). The molecule has 0 bridgehead atoms. The largest absolute Gasteiger partial charge is 0.382 e. The Morgan fingerprint density at radius 3 is 2.94 bits per heavy atom. The van der Waals surface area contributed by atoms with Gasteiger partial charge in [0.05, 0.1) is 5.75 Å². The molecule has 0 spiro atoms. The van der Waals surface area contributed by atoms with Gasteiger partial charge in [-0.05, 0) is 30.1 Å². The average molecular weight is 307 g/mol. The maximum Gasteiger partial charge on any atom is 0.185 e.